The molecule has 2 heterocycles. The van der Waals surface area contributed by atoms with E-state index in [9.17, 15) is 0 Å². The van der Waals surface area contributed by atoms with Gasteiger partial charge >= 0.3 is 0 Å². The van der Waals surface area contributed by atoms with E-state index in [2.05, 4.69) is 22.0 Å². The van der Waals surface area contributed by atoms with Gasteiger partial charge in [0.25, 0.3) is 0 Å². The van der Waals surface area contributed by atoms with Gasteiger partial charge in [0.05, 0.1) is 13.2 Å². The first-order chi connectivity index (χ1) is 12.1. The van der Waals surface area contributed by atoms with Crippen LogP contribution in [0.1, 0.15) is 43.3 Å². The number of aryl methyl sites for hydroxylation is 3. The minimum absolute atomic E-state index is 0.166. The quantitative estimate of drug-likeness (QED) is 0.768. The fourth-order valence-electron chi connectivity index (χ4n) is 3.51. The van der Waals surface area contributed by atoms with E-state index in [4.69, 9.17) is 14.6 Å². The molecule has 1 aliphatic heterocycles. The minimum Gasteiger partial charge on any atom is -0.497 e. The second-order valence-electron chi connectivity index (χ2n) is 6.73. The van der Waals surface area contributed by atoms with Crippen LogP contribution < -0.4 is 9.64 Å². The van der Waals surface area contributed by atoms with Crippen molar-refractivity contribution in [2.75, 3.05) is 18.6 Å². The van der Waals surface area contributed by atoms with Crippen molar-refractivity contribution < 1.29 is 9.15 Å². The molecule has 134 valence electrons. The van der Waals surface area contributed by atoms with Crippen LogP contribution in [0.5, 0.6) is 5.75 Å². The Labute approximate surface area is 149 Å². The number of oxazole rings is 1. The van der Waals surface area contributed by atoms with E-state index in [0.717, 1.165) is 61.9 Å². The molecule has 25 heavy (non-hydrogen) atoms. The molecule has 1 saturated heterocycles. The molecule has 3 rings (SSSR count). The number of hydrogen-bond donors (Lipinski definition) is 1. The monoisotopic (exact) mass is 341 g/mol. The largest absolute Gasteiger partial charge is 0.497 e. The number of rotatable bonds is 7. The van der Waals surface area contributed by atoms with Gasteiger partial charge in [-0.05, 0) is 57.2 Å². The number of ether oxygens (including phenoxy) is 1. The maximum atomic E-state index is 7.97. The summed E-state index contributed by atoms with van der Waals surface area (Å²) in [5.41, 5.74) is 2.94. The highest BCUT2D eigenvalue weighted by Crippen LogP contribution is 2.30. The van der Waals surface area contributed by atoms with Crippen LogP contribution in [0, 0.1) is 12.3 Å². The summed E-state index contributed by atoms with van der Waals surface area (Å²) < 4.78 is 11.2. The van der Waals surface area contributed by atoms with E-state index < -0.39 is 0 Å². The molecule has 0 saturated carbocycles. The number of methoxy groups -OCH3 is 1. The van der Waals surface area contributed by atoms with Crippen LogP contribution in [-0.4, -0.2) is 30.4 Å². The van der Waals surface area contributed by atoms with Gasteiger partial charge in [-0.1, -0.05) is 12.1 Å². The average molecular weight is 341 g/mol. The van der Waals surface area contributed by atoms with Crippen LogP contribution in [0.25, 0.3) is 0 Å². The molecule has 1 aromatic heterocycles. The van der Waals surface area contributed by atoms with Crippen LogP contribution in [-0.2, 0) is 12.8 Å². The van der Waals surface area contributed by atoms with E-state index in [0.29, 0.717) is 5.71 Å². The number of aromatic nitrogens is 1. The summed E-state index contributed by atoms with van der Waals surface area (Å²) >= 11 is 0. The molecule has 2 aromatic rings. The van der Waals surface area contributed by atoms with Gasteiger partial charge in [-0.3, -0.25) is 0 Å². The lowest BCUT2D eigenvalue weighted by atomic mass is 10.1. The van der Waals surface area contributed by atoms with Crippen molar-refractivity contribution in [3.63, 3.8) is 0 Å². The van der Waals surface area contributed by atoms with E-state index in [1.807, 2.05) is 26.0 Å². The molecule has 0 amide bonds. The number of nitrogens with one attached hydrogen (secondary N) is 1. The predicted molar refractivity (Wildman–Crippen MR) is 100 cm³/mol. The SMILES string of the molecule is COc1ccc(CCCc2nc(C)c(N3CCC[C@H]3C(C)=N)o2)cc1. The fourth-order valence-corrected chi connectivity index (χ4v) is 3.51. The second-order valence-corrected chi connectivity index (χ2v) is 6.73. The van der Waals surface area contributed by atoms with E-state index in [-0.39, 0.29) is 6.04 Å². The molecular formula is C20H27N3O2. The van der Waals surface area contributed by atoms with Crippen molar-refractivity contribution >= 4 is 11.6 Å². The average Bonchev–Trinajstić information content (AvgIpc) is 3.22. The molecule has 1 fully saturated rings. The third kappa shape index (κ3) is 4.03. The fraction of sp³-hybridized carbons (Fsp3) is 0.500. The highest BCUT2D eigenvalue weighted by atomic mass is 16.5. The van der Waals surface area contributed by atoms with Crippen molar-refractivity contribution in [3.8, 4) is 5.75 Å². The normalized spacial score (nSPS) is 17.1. The van der Waals surface area contributed by atoms with Gasteiger partial charge in [0.15, 0.2) is 5.89 Å². The molecule has 5 nitrogen and oxygen atoms in total. The summed E-state index contributed by atoms with van der Waals surface area (Å²) in [6.07, 6.45) is 4.95. The maximum Gasteiger partial charge on any atom is 0.219 e. The van der Waals surface area contributed by atoms with Gasteiger partial charge in [-0.2, -0.15) is 0 Å². The van der Waals surface area contributed by atoms with Crippen molar-refractivity contribution in [2.24, 2.45) is 0 Å². The number of anilines is 1. The molecular weight excluding hydrogens is 314 g/mol. The molecule has 0 unspecified atom stereocenters. The third-order valence-corrected chi connectivity index (χ3v) is 4.85. The highest BCUT2D eigenvalue weighted by Gasteiger charge is 2.30. The summed E-state index contributed by atoms with van der Waals surface area (Å²) in [4.78, 5) is 6.81. The van der Waals surface area contributed by atoms with Gasteiger partial charge in [0.1, 0.15) is 11.4 Å². The Morgan fingerprint density at radius 1 is 1.32 bits per heavy atom. The Bertz CT molecular complexity index is 721. The van der Waals surface area contributed by atoms with Crippen LogP contribution >= 0.6 is 0 Å². The van der Waals surface area contributed by atoms with Crippen LogP contribution in [0.3, 0.4) is 0 Å². The molecule has 1 atom stereocenters. The van der Waals surface area contributed by atoms with E-state index >= 15 is 0 Å². The summed E-state index contributed by atoms with van der Waals surface area (Å²) in [5.74, 6) is 2.54. The molecule has 0 bridgehead atoms. The summed E-state index contributed by atoms with van der Waals surface area (Å²) in [7, 11) is 1.68. The van der Waals surface area contributed by atoms with Gasteiger partial charge in [-0.25, -0.2) is 4.98 Å². The molecule has 1 aromatic carbocycles. The second kappa shape index (κ2) is 7.72. The Kier molecular flexibility index (Phi) is 5.41. The summed E-state index contributed by atoms with van der Waals surface area (Å²) in [6.45, 7) is 4.83. The lowest BCUT2D eigenvalue weighted by Gasteiger charge is -2.23. The van der Waals surface area contributed by atoms with Crippen molar-refractivity contribution in [1.82, 2.24) is 4.98 Å². The molecule has 1 aliphatic rings. The van der Waals surface area contributed by atoms with Gasteiger partial charge in [0.2, 0.25) is 5.88 Å². The summed E-state index contributed by atoms with van der Waals surface area (Å²) in [6, 6.07) is 8.37. The maximum absolute atomic E-state index is 7.97. The van der Waals surface area contributed by atoms with Gasteiger partial charge < -0.3 is 19.5 Å². The Morgan fingerprint density at radius 3 is 2.76 bits per heavy atom. The zero-order valence-corrected chi connectivity index (χ0v) is 15.3. The molecule has 0 spiro atoms. The number of benzene rings is 1. The van der Waals surface area contributed by atoms with Crippen molar-refractivity contribution in [1.29, 1.82) is 5.41 Å². The molecule has 0 aliphatic carbocycles. The smallest absolute Gasteiger partial charge is 0.219 e. The van der Waals surface area contributed by atoms with Crippen molar-refractivity contribution in [2.45, 2.75) is 52.0 Å². The van der Waals surface area contributed by atoms with E-state index in [1.54, 1.807) is 7.11 Å². The van der Waals surface area contributed by atoms with Crippen LogP contribution in [0.2, 0.25) is 0 Å². The van der Waals surface area contributed by atoms with Crippen molar-refractivity contribution in [3.05, 3.63) is 41.4 Å². The predicted octanol–water partition coefficient (Wildman–Crippen LogP) is 4.18. The standard InChI is InChI=1S/C20H27N3O2/c1-14(21)18-7-5-13-23(18)20-15(2)22-19(25-20)8-4-6-16-9-11-17(24-3)12-10-16/h9-12,18,21H,4-8,13H2,1-3H3/t18-/m0/s1. The first-order valence-corrected chi connectivity index (χ1v) is 8.99. The summed E-state index contributed by atoms with van der Waals surface area (Å²) in [5, 5.41) is 7.97. The Morgan fingerprint density at radius 2 is 2.08 bits per heavy atom. The number of nitrogens with zero attached hydrogens (tertiary/aromatic N) is 2. The molecule has 1 N–H and O–H groups in total. The number of hydrogen-bond acceptors (Lipinski definition) is 5. The first-order valence-electron chi connectivity index (χ1n) is 8.99. The van der Waals surface area contributed by atoms with E-state index in [1.165, 1.54) is 5.56 Å². The zero-order chi connectivity index (χ0) is 17.8. The third-order valence-electron chi connectivity index (χ3n) is 4.85. The van der Waals surface area contributed by atoms with Gasteiger partial charge in [0, 0.05) is 18.7 Å². The van der Waals surface area contributed by atoms with Crippen LogP contribution in [0.4, 0.5) is 5.88 Å². The van der Waals surface area contributed by atoms with Gasteiger partial charge in [-0.15, -0.1) is 0 Å². The van der Waals surface area contributed by atoms with Crippen LogP contribution in [0.15, 0.2) is 28.7 Å². The Balaban J connectivity index is 1.59. The zero-order valence-electron chi connectivity index (χ0n) is 15.3. The molecule has 5 heteroatoms. The molecule has 0 radical (unpaired) electrons. The lowest BCUT2D eigenvalue weighted by Crippen LogP contribution is -2.34. The highest BCUT2D eigenvalue weighted by molar-refractivity contribution is 5.87. The Hall–Kier alpha value is -2.30. The minimum atomic E-state index is 0.166. The lowest BCUT2D eigenvalue weighted by molar-refractivity contribution is 0.414. The topological polar surface area (TPSA) is 62.4 Å². The first kappa shape index (κ1) is 17.5.